The Morgan fingerprint density at radius 2 is 1.95 bits per heavy atom. The molecule has 0 saturated heterocycles. The van der Waals surface area contributed by atoms with Crippen molar-refractivity contribution in [2.75, 3.05) is 20.8 Å². The predicted octanol–water partition coefficient (Wildman–Crippen LogP) is 2.69. The third-order valence-electron chi connectivity index (χ3n) is 4.18. The Bertz CT molecular complexity index is 515. The van der Waals surface area contributed by atoms with E-state index in [9.17, 15) is 4.79 Å². The Kier molecular flexibility index (Phi) is 3.32. The number of rotatable bonds is 6. The number of carbonyl (C=O) groups excluding carboxylic acids is 1. The normalized spacial score (nSPS) is 19.3. The lowest BCUT2D eigenvalue weighted by molar-refractivity contribution is -0.143. The van der Waals surface area contributed by atoms with Gasteiger partial charge in [-0.15, -0.1) is 0 Å². The maximum atomic E-state index is 12.1. The lowest BCUT2D eigenvalue weighted by Crippen LogP contribution is -2.23. The zero-order valence-electron chi connectivity index (χ0n) is 12.0. The van der Waals surface area contributed by atoms with Gasteiger partial charge in [0.25, 0.3) is 0 Å². The van der Waals surface area contributed by atoms with Crippen LogP contribution in [0, 0.1) is 5.92 Å². The molecule has 0 spiro atoms. The number of esters is 1. The van der Waals surface area contributed by atoms with Crippen molar-refractivity contribution in [3.8, 4) is 11.5 Å². The van der Waals surface area contributed by atoms with Gasteiger partial charge < -0.3 is 14.2 Å². The van der Waals surface area contributed by atoms with E-state index in [2.05, 4.69) is 0 Å². The molecule has 0 aliphatic heterocycles. The van der Waals surface area contributed by atoms with Crippen molar-refractivity contribution in [1.29, 1.82) is 0 Å². The first-order chi connectivity index (χ1) is 9.71. The maximum absolute atomic E-state index is 12.1. The van der Waals surface area contributed by atoms with Crippen LogP contribution in [0.25, 0.3) is 0 Å². The van der Waals surface area contributed by atoms with E-state index in [1.807, 2.05) is 18.2 Å². The minimum absolute atomic E-state index is 0.196. The second kappa shape index (κ2) is 5.00. The van der Waals surface area contributed by atoms with E-state index >= 15 is 0 Å². The van der Waals surface area contributed by atoms with E-state index in [0.29, 0.717) is 11.7 Å². The van der Waals surface area contributed by atoms with Crippen LogP contribution in [0.3, 0.4) is 0 Å². The summed E-state index contributed by atoms with van der Waals surface area (Å²) in [6, 6.07) is 5.70. The number of ether oxygens (including phenoxy) is 3. The van der Waals surface area contributed by atoms with Crippen LogP contribution in [0.1, 0.15) is 31.2 Å². The van der Waals surface area contributed by atoms with E-state index in [4.69, 9.17) is 14.2 Å². The smallest absolute Gasteiger partial charge is 0.316 e. The van der Waals surface area contributed by atoms with Crippen LogP contribution < -0.4 is 9.47 Å². The summed E-state index contributed by atoms with van der Waals surface area (Å²) >= 11 is 0. The van der Waals surface area contributed by atoms with Crippen molar-refractivity contribution < 1.29 is 19.0 Å². The van der Waals surface area contributed by atoms with E-state index < -0.39 is 5.41 Å². The van der Waals surface area contributed by atoms with E-state index in [0.717, 1.165) is 30.8 Å². The first-order valence-electron chi connectivity index (χ1n) is 7.10. The van der Waals surface area contributed by atoms with Gasteiger partial charge in [0, 0.05) is 0 Å². The molecule has 0 heterocycles. The SMILES string of the molecule is COC(=O)C1(c2c(OC)cccc2OCC2CC2)CC1. The number of hydrogen-bond acceptors (Lipinski definition) is 4. The van der Waals surface area contributed by atoms with Gasteiger partial charge in [0.1, 0.15) is 16.9 Å². The summed E-state index contributed by atoms with van der Waals surface area (Å²) in [5, 5.41) is 0. The Hall–Kier alpha value is -1.71. The molecular weight excluding hydrogens is 256 g/mol. The fourth-order valence-electron chi connectivity index (χ4n) is 2.64. The Morgan fingerprint density at radius 3 is 2.50 bits per heavy atom. The molecule has 108 valence electrons. The molecule has 0 unspecified atom stereocenters. The van der Waals surface area contributed by atoms with Crippen LogP contribution in [0.4, 0.5) is 0 Å². The molecule has 2 aliphatic rings. The molecular formula is C16H20O4. The quantitative estimate of drug-likeness (QED) is 0.749. The minimum atomic E-state index is -0.569. The third-order valence-corrected chi connectivity index (χ3v) is 4.18. The molecule has 0 N–H and O–H groups in total. The summed E-state index contributed by atoms with van der Waals surface area (Å²) < 4.78 is 16.4. The van der Waals surface area contributed by atoms with Gasteiger partial charge in [-0.25, -0.2) is 0 Å². The standard InChI is InChI=1S/C16H20O4/c1-18-12-4-3-5-13(20-10-11-6-7-11)14(12)16(8-9-16)15(17)19-2/h3-5,11H,6-10H2,1-2H3. The Morgan fingerprint density at radius 1 is 1.25 bits per heavy atom. The second-order valence-corrected chi connectivity index (χ2v) is 5.66. The predicted molar refractivity (Wildman–Crippen MR) is 74.1 cm³/mol. The molecule has 2 saturated carbocycles. The molecule has 4 nitrogen and oxygen atoms in total. The molecule has 0 radical (unpaired) electrons. The third kappa shape index (κ3) is 2.23. The van der Waals surface area contributed by atoms with E-state index in [1.54, 1.807) is 7.11 Å². The maximum Gasteiger partial charge on any atom is 0.316 e. The molecule has 1 aromatic carbocycles. The molecule has 0 aromatic heterocycles. The molecule has 0 bridgehead atoms. The van der Waals surface area contributed by atoms with Crippen molar-refractivity contribution in [3.05, 3.63) is 23.8 Å². The number of methoxy groups -OCH3 is 2. The van der Waals surface area contributed by atoms with Gasteiger partial charge in [-0.3, -0.25) is 4.79 Å². The van der Waals surface area contributed by atoms with Crippen LogP contribution in [-0.2, 0) is 14.9 Å². The van der Waals surface area contributed by atoms with Gasteiger partial charge in [-0.1, -0.05) is 6.07 Å². The first kappa shape index (κ1) is 13.3. The van der Waals surface area contributed by atoms with Crippen LogP contribution in [0.5, 0.6) is 11.5 Å². The number of carbonyl (C=O) groups is 1. The zero-order chi connectivity index (χ0) is 14.2. The van der Waals surface area contributed by atoms with E-state index in [1.165, 1.54) is 20.0 Å². The average molecular weight is 276 g/mol. The summed E-state index contributed by atoms with van der Waals surface area (Å²) in [5.74, 6) is 1.95. The first-order valence-corrected chi connectivity index (χ1v) is 7.10. The largest absolute Gasteiger partial charge is 0.496 e. The van der Waals surface area contributed by atoms with Crippen LogP contribution in [0.15, 0.2) is 18.2 Å². The molecule has 20 heavy (non-hydrogen) atoms. The number of hydrogen-bond donors (Lipinski definition) is 0. The lowest BCUT2D eigenvalue weighted by Gasteiger charge is -2.20. The zero-order valence-corrected chi connectivity index (χ0v) is 12.0. The highest BCUT2D eigenvalue weighted by Crippen LogP contribution is 2.55. The Balaban J connectivity index is 1.95. The summed E-state index contributed by atoms with van der Waals surface area (Å²) in [4.78, 5) is 12.1. The molecule has 3 rings (SSSR count). The minimum Gasteiger partial charge on any atom is -0.496 e. The topological polar surface area (TPSA) is 44.8 Å². The van der Waals surface area contributed by atoms with Gasteiger partial charge in [0.05, 0.1) is 26.4 Å². The van der Waals surface area contributed by atoms with Gasteiger partial charge >= 0.3 is 5.97 Å². The number of benzene rings is 1. The highest BCUT2D eigenvalue weighted by Gasteiger charge is 2.55. The van der Waals surface area contributed by atoms with Crippen LogP contribution in [-0.4, -0.2) is 26.8 Å². The van der Waals surface area contributed by atoms with E-state index in [-0.39, 0.29) is 5.97 Å². The summed E-state index contributed by atoms with van der Waals surface area (Å²) in [6.07, 6.45) is 4.06. The molecule has 1 aromatic rings. The Labute approximate surface area is 119 Å². The van der Waals surface area contributed by atoms with Gasteiger partial charge in [0.15, 0.2) is 0 Å². The molecule has 0 amide bonds. The van der Waals surface area contributed by atoms with Crippen molar-refractivity contribution in [3.63, 3.8) is 0 Å². The molecule has 4 heteroatoms. The fourth-order valence-corrected chi connectivity index (χ4v) is 2.64. The molecule has 2 aliphatic carbocycles. The van der Waals surface area contributed by atoms with Crippen LogP contribution >= 0.6 is 0 Å². The van der Waals surface area contributed by atoms with Crippen molar-refractivity contribution >= 4 is 5.97 Å². The van der Waals surface area contributed by atoms with Gasteiger partial charge in [-0.05, 0) is 43.7 Å². The van der Waals surface area contributed by atoms with Crippen molar-refractivity contribution in [2.45, 2.75) is 31.1 Å². The second-order valence-electron chi connectivity index (χ2n) is 5.66. The van der Waals surface area contributed by atoms with Crippen molar-refractivity contribution in [2.24, 2.45) is 5.92 Å². The van der Waals surface area contributed by atoms with Crippen molar-refractivity contribution in [1.82, 2.24) is 0 Å². The highest BCUT2D eigenvalue weighted by atomic mass is 16.5. The monoisotopic (exact) mass is 276 g/mol. The van der Waals surface area contributed by atoms with Crippen LogP contribution in [0.2, 0.25) is 0 Å². The summed E-state index contributed by atoms with van der Waals surface area (Å²) in [6.45, 7) is 0.720. The lowest BCUT2D eigenvalue weighted by atomic mass is 9.94. The highest BCUT2D eigenvalue weighted by molar-refractivity contribution is 5.88. The van der Waals surface area contributed by atoms with Gasteiger partial charge in [-0.2, -0.15) is 0 Å². The molecule has 0 atom stereocenters. The summed E-state index contributed by atoms with van der Waals surface area (Å²) in [5.41, 5.74) is 0.287. The molecule has 2 fully saturated rings. The van der Waals surface area contributed by atoms with Gasteiger partial charge in [0.2, 0.25) is 0 Å². The average Bonchev–Trinajstić information content (AvgIpc) is 3.38. The fraction of sp³-hybridized carbons (Fsp3) is 0.562. The summed E-state index contributed by atoms with van der Waals surface area (Å²) in [7, 11) is 3.05.